The van der Waals surface area contributed by atoms with E-state index in [9.17, 15) is 4.79 Å². The first-order chi connectivity index (χ1) is 6.19. The molecule has 0 unspecified atom stereocenters. The fourth-order valence-corrected chi connectivity index (χ4v) is 1.43. The van der Waals surface area contributed by atoms with Crippen molar-refractivity contribution in [2.45, 2.75) is 40.2 Å². The molecule has 1 aromatic rings. The average molecular weight is 180 g/mol. The quantitative estimate of drug-likeness (QED) is 0.707. The third kappa shape index (κ3) is 2.17. The summed E-state index contributed by atoms with van der Waals surface area (Å²) in [5.74, 6) is 0.912. The smallest absolute Gasteiger partial charge is 0.253 e. The predicted octanol–water partition coefficient (Wildman–Crippen LogP) is 1.52. The lowest BCUT2D eigenvalue weighted by atomic mass is 10.3. The first-order valence-electron chi connectivity index (χ1n) is 4.76. The minimum absolute atomic E-state index is 0.0680. The summed E-state index contributed by atoms with van der Waals surface area (Å²) >= 11 is 0. The molecular formula is C10H16N2O. The highest BCUT2D eigenvalue weighted by Crippen LogP contribution is 1.98. The summed E-state index contributed by atoms with van der Waals surface area (Å²) in [5.41, 5.74) is 0.886. The summed E-state index contributed by atoms with van der Waals surface area (Å²) in [4.78, 5) is 15.8. The van der Waals surface area contributed by atoms with Crippen molar-refractivity contribution in [2.75, 3.05) is 0 Å². The van der Waals surface area contributed by atoms with Gasteiger partial charge in [-0.25, -0.2) is 4.98 Å². The SMILES string of the molecule is CCCc1nc(C)cc(=O)n1CC. The number of aryl methyl sites for hydroxylation is 2. The van der Waals surface area contributed by atoms with E-state index in [0.717, 1.165) is 24.4 Å². The summed E-state index contributed by atoms with van der Waals surface area (Å²) < 4.78 is 1.73. The van der Waals surface area contributed by atoms with Crippen LogP contribution in [0.25, 0.3) is 0 Å². The number of aromatic nitrogens is 2. The molecule has 0 N–H and O–H groups in total. The van der Waals surface area contributed by atoms with Crippen molar-refractivity contribution >= 4 is 0 Å². The number of hydrogen-bond acceptors (Lipinski definition) is 2. The van der Waals surface area contributed by atoms with Crippen LogP contribution in [0.15, 0.2) is 10.9 Å². The molecule has 0 saturated carbocycles. The van der Waals surface area contributed by atoms with Crippen LogP contribution in [0.2, 0.25) is 0 Å². The maximum Gasteiger partial charge on any atom is 0.253 e. The van der Waals surface area contributed by atoms with Gasteiger partial charge in [-0.3, -0.25) is 9.36 Å². The van der Waals surface area contributed by atoms with Crippen molar-refractivity contribution in [3.05, 3.63) is 27.9 Å². The van der Waals surface area contributed by atoms with Crippen LogP contribution in [0.4, 0.5) is 0 Å². The molecule has 3 nitrogen and oxygen atoms in total. The molecule has 0 amide bonds. The maximum atomic E-state index is 11.5. The minimum atomic E-state index is 0.0680. The van der Waals surface area contributed by atoms with Gasteiger partial charge < -0.3 is 0 Å². The molecule has 0 spiro atoms. The molecule has 0 aliphatic heterocycles. The average Bonchev–Trinajstić information content (AvgIpc) is 2.04. The van der Waals surface area contributed by atoms with Crippen LogP contribution in [0, 0.1) is 6.92 Å². The second-order valence-corrected chi connectivity index (χ2v) is 3.15. The molecule has 72 valence electrons. The van der Waals surface area contributed by atoms with Crippen LogP contribution in [-0.2, 0) is 13.0 Å². The molecule has 3 heteroatoms. The van der Waals surface area contributed by atoms with Gasteiger partial charge in [0.15, 0.2) is 0 Å². The van der Waals surface area contributed by atoms with Gasteiger partial charge in [-0.15, -0.1) is 0 Å². The van der Waals surface area contributed by atoms with Gasteiger partial charge >= 0.3 is 0 Å². The van der Waals surface area contributed by atoms with Gasteiger partial charge in [-0.1, -0.05) is 6.92 Å². The van der Waals surface area contributed by atoms with E-state index < -0.39 is 0 Å². The van der Waals surface area contributed by atoms with Gasteiger partial charge in [0.2, 0.25) is 0 Å². The summed E-state index contributed by atoms with van der Waals surface area (Å²) in [6.45, 7) is 6.63. The predicted molar refractivity (Wildman–Crippen MR) is 52.9 cm³/mol. The second kappa shape index (κ2) is 4.21. The van der Waals surface area contributed by atoms with Gasteiger partial charge in [0, 0.05) is 24.7 Å². The Bertz CT molecular complexity index is 341. The molecule has 0 aromatic carbocycles. The van der Waals surface area contributed by atoms with Gasteiger partial charge in [-0.2, -0.15) is 0 Å². The monoisotopic (exact) mass is 180 g/mol. The molecule has 0 atom stereocenters. The summed E-state index contributed by atoms with van der Waals surface area (Å²) in [6, 6.07) is 1.59. The Labute approximate surface area is 78.4 Å². The number of nitrogens with zero attached hydrogens (tertiary/aromatic N) is 2. The van der Waals surface area contributed by atoms with Crippen LogP contribution in [0.5, 0.6) is 0 Å². The van der Waals surface area contributed by atoms with Crippen molar-refractivity contribution in [2.24, 2.45) is 0 Å². The molecule has 1 heterocycles. The third-order valence-electron chi connectivity index (χ3n) is 2.01. The van der Waals surface area contributed by atoms with E-state index >= 15 is 0 Å². The van der Waals surface area contributed by atoms with E-state index in [-0.39, 0.29) is 5.56 Å². The molecule has 1 rings (SSSR count). The minimum Gasteiger partial charge on any atom is -0.297 e. The van der Waals surface area contributed by atoms with Crippen LogP contribution >= 0.6 is 0 Å². The van der Waals surface area contributed by atoms with Crippen LogP contribution in [0.3, 0.4) is 0 Å². The van der Waals surface area contributed by atoms with Crippen molar-refractivity contribution in [3.8, 4) is 0 Å². The van der Waals surface area contributed by atoms with Crippen molar-refractivity contribution < 1.29 is 0 Å². The normalized spacial score (nSPS) is 10.4. The largest absolute Gasteiger partial charge is 0.297 e. The molecule has 0 aliphatic carbocycles. The molecule has 0 bridgehead atoms. The van der Waals surface area contributed by atoms with E-state index in [0.29, 0.717) is 6.54 Å². The Morgan fingerprint density at radius 2 is 2.15 bits per heavy atom. The van der Waals surface area contributed by atoms with Crippen LogP contribution < -0.4 is 5.56 Å². The van der Waals surface area contributed by atoms with Gasteiger partial charge in [-0.05, 0) is 20.3 Å². The lowest BCUT2D eigenvalue weighted by Crippen LogP contribution is -2.24. The summed E-state index contributed by atoms with van der Waals surface area (Å²) in [7, 11) is 0. The Morgan fingerprint density at radius 3 is 2.69 bits per heavy atom. The first-order valence-corrected chi connectivity index (χ1v) is 4.76. The first kappa shape index (κ1) is 9.96. The zero-order valence-electron chi connectivity index (χ0n) is 8.50. The second-order valence-electron chi connectivity index (χ2n) is 3.15. The van der Waals surface area contributed by atoms with Crippen molar-refractivity contribution in [1.82, 2.24) is 9.55 Å². The molecular weight excluding hydrogens is 164 g/mol. The highest BCUT2D eigenvalue weighted by atomic mass is 16.1. The Kier molecular flexibility index (Phi) is 3.23. The van der Waals surface area contributed by atoms with E-state index in [1.54, 1.807) is 10.6 Å². The van der Waals surface area contributed by atoms with E-state index in [1.165, 1.54) is 0 Å². The molecule has 0 aliphatic rings. The molecule has 0 saturated heterocycles. The van der Waals surface area contributed by atoms with Crippen molar-refractivity contribution in [3.63, 3.8) is 0 Å². The fourth-order valence-electron chi connectivity index (χ4n) is 1.43. The van der Waals surface area contributed by atoms with E-state index in [1.807, 2.05) is 13.8 Å². The van der Waals surface area contributed by atoms with Gasteiger partial charge in [0.25, 0.3) is 5.56 Å². The Hall–Kier alpha value is -1.12. The number of hydrogen-bond donors (Lipinski definition) is 0. The molecule has 0 fully saturated rings. The third-order valence-corrected chi connectivity index (χ3v) is 2.01. The zero-order valence-corrected chi connectivity index (χ0v) is 8.50. The maximum absolute atomic E-state index is 11.5. The highest BCUT2D eigenvalue weighted by molar-refractivity contribution is 5.02. The summed E-state index contributed by atoms with van der Waals surface area (Å²) in [6.07, 6.45) is 1.90. The lowest BCUT2D eigenvalue weighted by molar-refractivity contribution is 0.630. The van der Waals surface area contributed by atoms with Gasteiger partial charge in [0.1, 0.15) is 5.82 Å². The molecule has 13 heavy (non-hydrogen) atoms. The van der Waals surface area contributed by atoms with E-state index in [4.69, 9.17) is 0 Å². The van der Waals surface area contributed by atoms with Crippen molar-refractivity contribution in [1.29, 1.82) is 0 Å². The summed E-state index contributed by atoms with van der Waals surface area (Å²) in [5, 5.41) is 0. The zero-order chi connectivity index (χ0) is 9.84. The Balaban J connectivity index is 3.21. The Morgan fingerprint density at radius 1 is 1.46 bits per heavy atom. The van der Waals surface area contributed by atoms with E-state index in [2.05, 4.69) is 11.9 Å². The topological polar surface area (TPSA) is 34.9 Å². The number of rotatable bonds is 3. The lowest BCUT2D eigenvalue weighted by Gasteiger charge is -2.08. The fraction of sp³-hybridized carbons (Fsp3) is 0.600. The van der Waals surface area contributed by atoms with Gasteiger partial charge in [0.05, 0.1) is 0 Å². The van der Waals surface area contributed by atoms with Crippen LogP contribution in [-0.4, -0.2) is 9.55 Å². The molecule has 1 aromatic heterocycles. The standard InChI is InChI=1S/C10H16N2O/c1-4-6-9-11-8(3)7-10(13)12(9)5-2/h7H,4-6H2,1-3H3. The van der Waals surface area contributed by atoms with Crippen LogP contribution in [0.1, 0.15) is 31.8 Å². The molecule has 0 radical (unpaired) electrons. The highest BCUT2D eigenvalue weighted by Gasteiger charge is 2.03.